The van der Waals surface area contributed by atoms with Gasteiger partial charge in [-0.3, -0.25) is 9.78 Å². The van der Waals surface area contributed by atoms with Gasteiger partial charge in [-0.05, 0) is 25.1 Å². The molecule has 11 heteroatoms. The minimum atomic E-state index is -5.07. The molecule has 3 rings (SSSR count). The second-order valence-electron chi connectivity index (χ2n) is 6.67. The molecule has 1 amide bonds. The van der Waals surface area contributed by atoms with E-state index in [0.717, 1.165) is 37.6 Å². The molecular weight excluding hydrogens is 442 g/mol. The lowest BCUT2D eigenvalue weighted by Crippen LogP contribution is -2.44. The van der Waals surface area contributed by atoms with Crippen LogP contribution in [0, 0.1) is 0 Å². The monoisotopic (exact) mass is 458 g/mol. The number of hydrogen-bond acceptors (Lipinski definition) is 4. The Morgan fingerprint density at radius 2 is 1.75 bits per heavy atom. The summed E-state index contributed by atoms with van der Waals surface area (Å²) in [7, 11) is 0. The van der Waals surface area contributed by atoms with Gasteiger partial charge in [-0.1, -0.05) is 30.3 Å². The molecule has 0 saturated carbocycles. The van der Waals surface area contributed by atoms with Gasteiger partial charge < -0.3 is 9.15 Å². The lowest BCUT2D eigenvalue weighted by atomic mass is 10.1. The van der Waals surface area contributed by atoms with Crippen LogP contribution >= 0.6 is 0 Å². The van der Waals surface area contributed by atoms with Gasteiger partial charge in [0.2, 0.25) is 0 Å². The Balaban J connectivity index is 1.88. The number of carbonyl (C=O) groups is 1. The predicted octanol–water partition coefficient (Wildman–Crippen LogP) is 6.01. The van der Waals surface area contributed by atoms with E-state index < -0.39 is 31.0 Å². The highest BCUT2D eigenvalue weighted by atomic mass is 19.4. The van der Waals surface area contributed by atoms with Crippen LogP contribution in [0.25, 0.3) is 11.3 Å². The van der Waals surface area contributed by atoms with Crippen LogP contribution in [0.4, 0.5) is 26.3 Å². The molecule has 2 aromatic heterocycles. The summed E-state index contributed by atoms with van der Waals surface area (Å²) in [6.07, 6.45) is -7.68. The average Bonchev–Trinajstić information content (AvgIpc) is 3.22. The first-order valence-corrected chi connectivity index (χ1v) is 9.16. The zero-order valence-electron chi connectivity index (χ0n) is 16.4. The molecule has 5 nitrogen and oxygen atoms in total. The standard InChI is InChI=1S/C21H16F6N2O3/c1-13(17-8-7-15(11-28-17)32-12-20(22,23)24)29(21(25,26)27)19(30)16-9-10-31-18(16)14-5-3-2-4-6-14/h2-11,13H,12H2,1H3/t13-/m1/s1. The van der Waals surface area contributed by atoms with Gasteiger partial charge in [-0.25, -0.2) is 4.90 Å². The van der Waals surface area contributed by atoms with Crippen molar-refractivity contribution in [3.05, 3.63) is 72.2 Å². The molecule has 0 bridgehead atoms. The highest BCUT2D eigenvalue weighted by Crippen LogP contribution is 2.36. The maximum Gasteiger partial charge on any atom is 0.487 e. The Hall–Kier alpha value is -3.50. The first kappa shape index (κ1) is 23.2. The van der Waals surface area contributed by atoms with E-state index in [1.165, 1.54) is 0 Å². The van der Waals surface area contributed by atoms with Crippen LogP contribution in [0.15, 0.2) is 65.4 Å². The molecule has 0 fully saturated rings. The van der Waals surface area contributed by atoms with Crippen LogP contribution in [-0.2, 0) is 0 Å². The minimum Gasteiger partial charge on any atom is -0.483 e. The van der Waals surface area contributed by atoms with E-state index in [4.69, 9.17) is 4.42 Å². The third-order valence-electron chi connectivity index (χ3n) is 4.40. The van der Waals surface area contributed by atoms with Crippen molar-refractivity contribution < 1.29 is 40.3 Å². The van der Waals surface area contributed by atoms with Crippen molar-refractivity contribution in [2.45, 2.75) is 25.4 Å². The first-order valence-electron chi connectivity index (χ1n) is 9.16. The molecule has 0 radical (unpaired) electrons. The highest BCUT2D eigenvalue weighted by molar-refractivity contribution is 6.00. The SMILES string of the molecule is C[C@H](c1ccc(OCC(F)(F)F)cn1)N(C(=O)c1ccoc1-c1ccccc1)C(F)(F)F. The Kier molecular flexibility index (Phi) is 6.47. The van der Waals surface area contributed by atoms with Crippen LogP contribution < -0.4 is 4.74 Å². The molecule has 3 aromatic rings. The minimum absolute atomic E-state index is 0.0269. The molecule has 0 aliphatic heterocycles. The van der Waals surface area contributed by atoms with Crippen LogP contribution in [0.1, 0.15) is 29.0 Å². The maximum absolute atomic E-state index is 13.9. The zero-order chi connectivity index (χ0) is 23.5. The molecule has 32 heavy (non-hydrogen) atoms. The number of ether oxygens (including phenoxy) is 1. The Bertz CT molecular complexity index is 1050. The molecule has 0 aliphatic rings. The van der Waals surface area contributed by atoms with Crippen LogP contribution in [0.3, 0.4) is 0 Å². The van der Waals surface area contributed by atoms with Crippen molar-refractivity contribution in [3.8, 4) is 17.1 Å². The topological polar surface area (TPSA) is 55.6 Å². The fraction of sp³-hybridized carbons (Fsp3) is 0.238. The van der Waals surface area contributed by atoms with Gasteiger partial charge in [0.1, 0.15) is 11.5 Å². The number of furan rings is 1. The molecule has 0 N–H and O–H groups in total. The number of amides is 1. The average molecular weight is 458 g/mol. The number of nitrogens with zero attached hydrogens (tertiary/aromatic N) is 2. The zero-order valence-corrected chi connectivity index (χ0v) is 16.4. The molecule has 0 saturated heterocycles. The van der Waals surface area contributed by atoms with E-state index in [9.17, 15) is 31.1 Å². The predicted molar refractivity (Wildman–Crippen MR) is 101 cm³/mol. The van der Waals surface area contributed by atoms with Gasteiger partial charge in [0.15, 0.2) is 6.61 Å². The van der Waals surface area contributed by atoms with Crippen LogP contribution in [0.2, 0.25) is 0 Å². The first-order chi connectivity index (χ1) is 15.0. The van der Waals surface area contributed by atoms with Crippen molar-refractivity contribution in [2.75, 3.05) is 6.61 Å². The van der Waals surface area contributed by atoms with Gasteiger partial charge in [0.05, 0.1) is 29.8 Å². The van der Waals surface area contributed by atoms with Crippen molar-refractivity contribution >= 4 is 5.91 Å². The number of pyridine rings is 1. The van der Waals surface area contributed by atoms with Crippen molar-refractivity contribution in [2.24, 2.45) is 0 Å². The van der Waals surface area contributed by atoms with E-state index in [-0.39, 0.29) is 27.7 Å². The summed E-state index contributed by atoms with van der Waals surface area (Å²) >= 11 is 0. The van der Waals surface area contributed by atoms with Crippen molar-refractivity contribution in [3.63, 3.8) is 0 Å². The normalized spacial score (nSPS) is 13.0. The molecule has 1 aromatic carbocycles. The number of halogens is 6. The molecular formula is C21H16F6N2O3. The molecule has 0 unspecified atom stereocenters. The Morgan fingerprint density at radius 3 is 2.31 bits per heavy atom. The summed E-state index contributed by atoms with van der Waals surface area (Å²) < 4.78 is 88.1. The number of benzene rings is 1. The fourth-order valence-electron chi connectivity index (χ4n) is 2.95. The van der Waals surface area contributed by atoms with E-state index in [1.807, 2.05) is 0 Å². The second-order valence-corrected chi connectivity index (χ2v) is 6.67. The summed E-state index contributed by atoms with van der Waals surface area (Å²) in [6.45, 7) is -0.467. The van der Waals surface area contributed by atoms with Gasteiger partial charge in [-0.2, -0.15) is 13.2 Å². The Labute approximate surface area is 178 Å². The molecule has 170 valence electrons. The van der Waals surface area contributed by atoms with Crippen molar-refractivity contribution in [1.29, 1.82) is 0 Å². The number of carbonyl (C=O) groups excluding carboxylic acids is 1. The lowest BCUT2D eigenvalue weighted by molar-refractivity contribution is -0.236. The maximum atomic E-state index is 13.9. The quantitative estimate of drug-likeness (QED) is 0.336. The lowest BCUT2D eigenvalue weighted by Gasteiger charge is -2.30. The number of alkyl halides is 6. The summed E-state index contributed by atoms with van der Waals surface area (Å²) in [5.74, 6) is -1.66. The van der Waals surface area contributed by atoms with Crippen LogP contribution in [0.5, 0.6) is 5.75 Å². The van der Waals surface area contributed by atoms with E-state index in [1.54, 1.807) is 30.3 Å². The third-order valence-corrected chi connectivity index (χ3v) is 4.40. The van der Waals surface area contributed by atoms with E-state index in [2.05, 4.69) is 9.72 Å². The number of rotatable bonds is 6. The van der Waals surface area contributed by atoms with Gasteiger partial charge in [0.25, 0.3) is 5.91 Å². The molecule has 0 aliphatic carbocycles. The van der Waals surface area contributed by atoms with Gasteiger partial charge in [0, 0.05) is 5.56 Å². The highest BCUT2D eigenvalue weighted by Gasteiger charge is 2.46. The third kappa shape index (κ3) is 5.40. The number of hydrogen-bond donors (Lipinski definition) is 0. The summed E-state index contributed by atoms with van der Waals surface area (Å²) in [6, 6.07) is 9.82. The van der Waals surface area contributed by atoms with E-state index in [0.29, 0.717) is 5.56 Å². The van der Waals surface area contributed by atoms with E-state index >= 15 is 0 Å². The van der Waals surface area contributed by atoms with Gasteiger partial charge in [-0.15, -0.1) is 13.2 Å². The molecule has 1 atom stereocenters. The summed E-state index contributed by atoms with van der Waals surface area (Å²) in [5, 5.41) is 0. The summed E-state index contributed by atoms with van der Waals surface area (Å²) in [4.78, 5) is 16.3. The second kappa shape index (κ2) is 8.93. The number of aromatic nitrogens is 1. The van der Waals surface area contributed by atoms with Crippen LogP contribution in [-0.4, -0.2) is 34.9 Å². The largest absolute Gasteiger partial charge is 0.487 e. The molecule has 2 heterocycles. The van der Waals surface area contributed by atoms with Gasteiger partial charge >= 0.3 is 12.5 Å². The Morgan fingerprint density at radius 1 is 1.06 bits per heavy atom. The summed E-state index contributed by atoms with van der Waals surface area (Å²) in [5.41, 5.74) is -0.0785. The molecule has 0 spiro atoms. The van der Waals surface area contributed by atoms with Crippen molar-refractivity contribution in [1.82, 2.24) is 9.88 Å². The smallest absolute Gasteiger partial charge is 0.483 e. The fourth-order valence-corrected chi connectivity index (χ4v) is 2.95.